The van der Waals surface area contributed by atoms with E-state index in [2.05, 4.69) is 5.32 Å². The maximum Gasteiger partial charge on any atom is 0.490 e. The van der Waals surface area contributed by atoms with Crippen molar-refractivity contribution in [3.63, 3.8) is 0 Å². The third-order valence-corrected chi connectivity index (χ3v) is 7.21. The van der Waals surface area contributed by atoms with Gasteiger partial charge in [0.25, 0.3) is 0 Å². The number of sulfonamides is 1. The summed E-state index contributed by atoms with van der Waals surface area (Å²) < 4.78 is 58.9. The summed E-state index contributed by atoms with van der Waals surface area (Å²) in [6.45, 7) is 2.87. The molecule has 3 rings (SSSR count). The van der Waals surface area contributed by atoms with Gasteiger partial charge in [0.1, 0.15) is 0 Å². The molecule has 0 aromatic heterocycles. The van der Waals surface area contributed by atoms with Crippen molar-refractivity contribution < 1.29 is 36.3 Å². The number of nitrogens with zero attached hydrogens (tertiary/aromatic N) is 2. The van der Waals surface area contributed by atoms with Crippen molar-refractivity contribution in [2.75, 3.05) is 27.2 Å². The molecule has 3 atom stereocenters. The Morgan fingerprint density at radius 1 is 1.17 bits per heavy atom. The van der Waals surface area contributed by atoms with Gasteiger partial charge in [-0.3, -0.25) is 9.69 Å². The Morgan fingerprint density at radius 3 is 2.13 bits per heavy atom. The van der Waals surface area contributed by atoms with Crippen LogP contribution in [0, 0.1) is 12.8 Å². The Labute approximate surface area is 172 Å². The van der Waals surface area contributed by atoms with Gasteiger partial charge in [-0.1, -0.05) is 17.7 Å². The summed E-state index contributed by atoms with van der Waals surface area (Å²) in [5, 5.41) is 9.81. The summed E-state index contributed by atoms with van der Waals surface area (Å²) in [7, 11) is 0.0885. The maximum atomic E-state index is 12.8. The van der Waals surface area contributed by atoms with E-state index in [0.29, 0.717) is 24.4 Å². The van der Waals surface area contributed by atoms with Gasteiger partial charge >= 0.3 is 12.1 Å². The third kappa shape index (κ3) is 5.10. The average molecular weight is 451 g/mol. The standard InChI is InChI=1S/C16H23N3O3S.C2HF3O2/c1-11-4-6-13(7-5-11)23(21,22)19-9-12-8-14(16(20)17-2)18(3)15(12)10-19;3-2(4,5)1(6)7/h4-7,12,14-15H,8-10H2,1-3H3,(H,17,20);(H,6,7)/t12-,14-,15+;/m1./s1. The minimum atomic E-state index is -5.08. The highest BCUT2D eigenvalue weighted by atomic mass is 32.2. The molecule has 1 aromatic carbocycles. The molecule has 2 fully saturated rings. The van der Waals surface area contributed by atoms with Crippen LogP contribution < -0.4 is 5.32 Å². The van der Waals surface area contributed by atoms with E-state index in [9.17, 15) is 26.4 Å². The van der Waals surface area contributed by atoms with Gasteiger partial charge in [0.2, 0.25) is 15.9 Å². The van der Waals surface area contributed by atoms with Crippen LogP contribution in [-0.4, -0.2) is 80.1 Å². The van der Waals surface area contributed by atoms with E-state index in [-0.39, 0.29) is 23.9 Å². The highest BCUT2D eigenvalue weighted by Crippen LogP contribution is 2.36. The second-order valence-electron chi connectivity index (χ2n) is 7.30. The number of carboxylic acid groups (broad SMARTS) is 1. The van der Waals surface area contributed by atoms with Gasteiger partial charge in [0.05, 0.1) is 10.9 Å². The number of carbonyl (C=O) groups is 2. The molecular weight excluding hydrogens is 427 g/mol. The van der Waals surface area contributed by atoms with Crippen molar-refractivity contribution in [2.24, 2.45) is 5.92 Å². The van der Waals surface area contributed by atoms with E-state index < -0.39 is 22.2 Å². The van der Waals surface area contributed by atoms with Gasteiger partial charge in [-0.05, 0) is 38.4 Å². The number of hydrogen-bond acceptors (Lipinski definition) is 5. The molecule has 2 saturated heterocycles. The normalized spacial score (nSPS) is 24.7. The number of amides is 1. The molecule has 168 valence electrons. The number of halogens is 3. The van der Waals surface area contributed by atoms with Crippen molar-refractivity contribution in [3.8, 4) is 0 Å². The summed E-state index contributed by atoms with van der Waals surface area (Å²) in [5.74, 6) is -2.54. The first-order valence-electron chi connectivity index (χ1n) is 9.09. The second-order valence-corrected chi connectivity index (χ2v) is 9.23. The van der Waals surface area contributed by atoms with Crippen LogP contribution in [-0.2, 0) is 19.6 Å². The lowest BCUT2D eigenvalue weighted by atomic mass is 10.0. The van der Waals surface area contributed by atoms with Crippen molar-refractivity contribution in [1.82, 2.24) is 14.5 Å². The number of carboxylic acids is 1. The fourth-order valence-electron chi connectivity index (χ4n) is 3.71. The molecule has 12 heteroatoms. The van der Waals surface area contributed by atoms with Crippen molar-refractivity contribution in [1.29, 1.82) is 0 Å². The van der Waals surface area contributed by atoms with E-state index in [0.717, 1.165) is 5.56 Å². The molecule has 1 aromatic rings. The number of hydrogen-bond donors (Lipinski definition) is 2. The summed E-state index contributed by atoms with van der Waals surface area (Å²) >= 11 is 0. The summed E-state index contributed by atoms with van der Waals surface area (Å²) in [6.07, 6.45) is -4.37. The van der Waals surface area contributed by atoms with Gasteiger partial charge in [0.15, 0.2) is 0 Å². The highest BCUT2D eigenvalue weighted by Gasteiger charge is 2.49. The minimum Gasteiger partial charge on any atom is -0.475 e. The number of likely N-dealkylation sites (tertiary alicyclic amines) is 1. The molecule has 8 nitrogen and oxygen atoms in total. The average Bonchev–Trinajstić information content (AvgIpc) is 3.21. The van der Waals surface area contributed by atoms with Gasteiger partial charge in [-0.2, -0.15) is 17.5 Å². The topological polar surface area (TPSA) is 107 Å². The van der Waals surface area contributed by atoms with E-state index in [1.54, 1.807) is 23.5 Å². The lowest BCUT2D eigenvalue weighted by Gasteiger charge is -2.25. The van der Waals surface area contributed by atoms with Crippen LogP contribution in [0.15, 0.2) is 29.2 Å². The van der Waals surface area contributed by atoms with Crippen LogP contribution in [0.2, 0.25) is 0 Å². The van der Waals surface area contributed by atoms with E-state index in [4.69, 9.17) is 9.90 Å². The number of aryl methyl sites for hydroxylation is 1. The molecule has 0 spiro atoms. The Balaban J connectivity index is 0.000000396. The first-order chi connectivity index (χ1) is 13.8. The molecule has 0 aliphatic carbocycles. The predicted octanol–water partition coefficient (Wildman–Crippen LogP) is 1.07. The predicted molar refractivity (Wildman–Crippen MR) is 101 cm³/mol. The number of benzene rings is 1. The molecule has 2 aliphatic heterocycles. The minimum absolute atomic E-state index is 0.00911. The van der Waals surface area contributed by atoms with Gasteiger partial charge in [0, 0.05) is 26.2 Å². The van der Waals surface area contributed by atoms with Gasteiger partial charge in [-0.15, -0.1) is 0 Å². The molecule has 2 N–H and O–H groups in total. The van der Waals surface area contributed by atoms with Crippen molar-refractivity contribution in [3.05, 3.63) is 29.8 Å². The first-order valence-corrected chi connectivity index (χ1v) is 10.5. The Hall–Kier alpha value is -2.18. The van der Waals surface area contributed by atoms with Gasteiger partial charge < -0.3 is 10.4 Å². The van der Waals surface area contributed by atoms with Crippen LogP contribution in [0.25, 0.3) is 0 Å². The number of fused-ring (bicyclic) bond motifs is 1. The number of carbonyl (C=O) groups excluding carboxylic acids is 1. The van der Waals surface area contributed by atoms with Crippen LogP contribution in [0.3, 0.4) is 0 Å². The molecule has 0 bridgehead atoms. The zero-order chi connectivity index (χ0) is 22.9. The molecular formula is C18H24F3N3O5S. The summed E-state index contributed by atoms with van der Waals surface area (Å²) in [6, 6.07) is 6.91. The number of nitrogens with one attached hydrogen (secondary N) is 1. The lowest BCUT2D eigenvalue weighted by Crippen LogP contribution is -2.45. The lowest BCUT2D eigenvalue weighted by molar-refractivity contribution is -0.192. The first kappa shape index (κ1) is 24.1. The van der Waals surface area contributed by atoms with Crippen LogP contribution in [0.4, 0.5) is 13.2 Å². The zero-order valence-corrected chi connectivity index (χ0v) is 17.5. The second kappa shape index (κ2) is 8.90. The summed E-state index contributed by atoms with van der Waals surface area (Å²) in [4.78, 5) is 23.2. The van der Waals surface area contributed by atoms with Crippen LogP contribution in [0.5, 0.6) is 0 Å². The number of alkyl halides is 3. The Kier molecular flexibility index (Phi) is 7.15. The molecule has 2 heterocycles. The Morgan fingerprint density at radius 2 is 1.70 bits per heavy atom. The van der Waals surface area contributed by atoms with E-state index in [1.807, 2.05) is 31.0 Å². The monoisotopic (exact) mass is 451 g/mol. The molecule has 1 amide bonds. The van der Waals surface area contributed by atoms with E-state index in [1.165, 1.54) is 0 Å². The van der Waals surface area contributed by atoms with Crippen LogP contribution >= 0.6 is 0 Å². The summed E-state index contributed by atoms with van der Waals surface area (Å²) in [5.41, 5.74) is 1.04. The molecule has 0 saturated carbocycles. The number of rotatable bonds is 3. The fourth-order valence-corrected chi connectivity index (χ4v) is 5.22. The van der Waals surface area contributed by atoms with Crippen LogP contribution in [0.1, 0.15) is 12.0 Å². The smallest absolute Gasteiger partial charge is 0.475 e. The molecule has 2 aliphatic rings. The van der Waals surface area contributed by atoms with Gasteiger partial charge in [-0.25, -0.2) is 13.2 Å². The molecule has 0 radical (unpaired) electrons. The van der Waals surface area contributed by atoms with E-state index >= 15 is 0 Å². The third-order valence-electron chi connectivity index (χ3n) is 5.36. The quantitative estimate of drug-likeness (QED) is 0.712. The Bertz CT molecular complexity index is 889. The van der Waals surface area contributed by atoms with Crippen molar-refractivity contribution in [2.45, 2.75) is 36.5 Å². The highest BCUT2D eigenvalue weighted by molar-refractivity contribution is 7.89. The molecule has 30 heavy (non-hydrogen) atoms. The van der Waals surface area contributed by atoms with Crippen molar-refractivity contribution >= 4 is 21.9 Å². The largest absolute Gasteiger partial charge is 0.490 e. The maximum absolute atomic E-state index is 12.8. The zero-order valence-electron chi connectivity index (χ0n) is 16.7. The molecule has 0 unspecified atom stereocenters. The number of likely N-dealkylation sites (N-methyl/N-ethyl adjacent to an activating group) is 2. The fraction of sp³-hybridized carbons (Fsp3) is 0.556. The SMILES string of the molecule is CNC(=O)[C@H]1C[C@@H]2CN(S(=O)(=O)c3ccc(C)cc3)C[C@@H]2N1C.O=C(O)C(F)(F)F. The number of aliphatic carboxylic acids is 1.